The number of benzene rings is 1. The van der Waals surface area contributed by atoms with Crippen molar-refractivity contribution in [1.82, 2.24) is 4.98 Å². The number of rotatable bonds is 3. The average molecular weight is 332 g/mol. The highest BCUT2D eigenvalue weighted by Crippen LogP contribution is 2.41. The van der Waals surface area contributed by atoms with Crippen LogP contribution in [-0.2, 0) is 5.60 Å². The van der Waals surface area contributed by atoms with Crippen molar-refractivity contribution in [2.75, 3.05) is 7.11 Å². The summed E-state index contributed by atoms with van der Waals surface area (Å²) in [6.07, 6.45) is 0. The summed E-state index contributed by atoms with van der Waals surface area (Å²) in [5, 5.41) is 10.6. The van der Waals surface area contributed by atoms with E-state index in [0.29, 0.717) is 15.2 Å². The van der Waals surface area contributed by atoms with Crippen LogP contribution in [0.1, 0.15) is 17.4 Å². The molecule has 1 N–H and O–H groups in total. The van der Waals surface area contributed by atoms with Crippen LogP contribution in [0, 0.1) is 5.82 Å². The topological polar surface area (TPSA) is 42.4 Å². The minimum atomic E-state index is -1.50. The van der Waals surface area contributed by atoms with Crippen LogP contribution in [0.5, 0.6) is 5.75 Å². The van der Waals surface area contributed by atoms with Crippen molar-refractivity contribution in [2.45, 2.75) is 12.5 Å². The Labute approximate surface area is 116 Å². The van der Waals surface area contributed by atoms with Crippen LogP contribution in [0.2, 0.25) is 0 Å². The van der Waals surface area contributed by atoms with Crippen molar-refractivity contribution >= 4 is 27.3 Å². The molecule has 0 bridgehead atoms. The molecule has 0 saturated heterocycles. The van der Waals surface area contributed by atoms with Gasteiger partial charge in [-0.25, -0.2) is 9.37 Å². The van der Waals surface area contributed by atoms with Crippen LogP contribution in [-0.4, -0.2) is 17.2 Å². The molecule has 0 amide bonds. The summed E-state index contributed by atoms with van der Waals surface area (Å²) in [6, 6.07) is 4.44. The molecule has 0 aliphatic heterocycles. The summed E-state index contributed by atoms with van der Waals surface area (Å²) < 4.78 is 19.6. The van der Waals surface area contributed by atoms with Crippen molar-refractivity contribution in [3.63, 3.8) is 0 Å². The quantitative estimate of drug-likeness (QED) is 0.938. The van der Waals surface area contributed by atoms with Gasteiger partial charge in [-0.15, -0.1) is 11.3 Å². The summed E-state index contributed by atoms with van der Waals surface area (Å²) in [5.74, 6) is -0.208. The van der Waals surface area contributed by atoms with Gasteiger partial charge in [-0.3, -0.25) is 0 Å². The summed E-state index contributed by atoms with van der Waals surface area (Å²) in [6.45, 7) is 1.52. The van der Waals surface area contributed by atoms with Gasteiger partial charge in [0, 0.05) is 0 Å². The van der Waals surface area contributed by atoms with Crippen molar-refractivity contribution in [1.29, 1.82) is 0 Å². The Morgan fingerprint density at radius 1 is 1.50 bits per heavy atom. The number of hydrogen-bond donors (Lipinski definition) is 1. The maximum atomic E-state index is 14.0. The summed E-state index contributed by atoms with van der Waals surface area (Å²) >= 11 is 4.50. The van der Waals surface area contributed by atoms with Crippen LogP contribution < -0.4 is 4.74 Å². The van der Waals surface area contributed by atoms with E-state index in [0.717, 1.165) is 0 Å². The van der Waals surface area contributed by atoms with Crippen LogP contribution >= 0.6 is 27.3 Å². The van der Waals surface area contributed by atoms with Gasteiger partial charge in [0.05, 0.1) is 23.1 Å². The van der Waals surface area contributed by atoms with Crippen molar-refractivity contribution in [2.24, 2.45) is 0 Å². The maximum Gasteiger partial charge on any atom is 0.133 e. The highest BCUT2D eigenvalue weighted by molar-refractivity contribution is 9.10. The van der Waals surface area contributed by atoms with E-state index < -0.39 is 11.4 Å². The Kier molecular flexibility index (Phi) is 3.70. The predicted octanol–water partition coefficient (Wildman–Crippen LogP) is 3.31. The Morgan fingerprint density at radius 2 is 2.22 bits per heavy atom. The first-order valence-corrected chi connectivity index (χ1v) is 6.80. The number of hydrogen-bond acceptors (Lipinski definition) is 4. The van der Waals surface area contributed by atoms with Gasteiger partial charge >= 0.3 is 0 Å². The standard InChI is InChI=1S/C12H11BrFNO2S/c1-12(16,10-11(13)15-6-18-10)9-7(14)4-3-5-8(9)17-2/h3-6,16H,1-2H3. The second-order valence-corrected chi connectivity index (χ2v) is 5.47. The van der Waals surface area contributed by atoms with E-state index in [4.69, 9.17) is 4.74 Å². The van der Waals surface area contributed by atoms with E-state index in [1.807, 2.05) is 0 Å². The smallest absolute Gasteiger partial charge is 0.133 e. The van der Waals surface area contributed by atoms with Crippen LogP contribution in [0.15, 0.2) is 28.3 Å². The zero-order valence-electron chi connectivity index (χ0n) is 9.78. The molecule has 1 atom stereocenters. The van der Waals surface area contributed by atoms with Crippen LogP contribution in [0.3, 0.4) is 0 Å². The van der Waals surface area contributed by atoms with Gasteiger partial charge in [-0.1, -0.05) is 6.07 Å². The molecule has 0 saturated carbocycles. The zero-order valence-corrected chi connectivity index (χ0v) is 12.2. The maximum absolute atomic E-state index is 14.0. The molecule has 0 fully saturated rings. The van der Waals surface area contributed by atoms with E-state index >= 15 is 0 Å². The molecule has 18 heavy (non-hydrogen) atoms. The number of ether oxygens (including phenoxy) is 1. The van der Waals surface area contributed by atoms with Gasteiger partial charge in [0.25, 0.3) is 0 Å². The van der Waals surface area contributed by atoms with Gasteiger partial charge in [-0.05, 0) is 35.0 Å². The fraction of sp³-hybridized carbons (Fsp3) is 0.250. The predicted molar refractivity (Wildman–Crippen MR) is 71.4 cm³/mol. The van der Waals surface area contributed by atoms with E-state index in [1.165, 1.54) is 37.5 Å². The summed E-state index contributed by atoms with van der Waals surface area (Å²) in [7, 11) is 1.44. The lowest BCUT2D eigenvalue weighted by molar-refractivity contribution is 0.0974. The normalized spacial score (nSPS) is 14.3. The highest BCUT2D eigenvalue weighted by atomic mass is 79.9. The second-order valence-electron chi connectivity index (χ2n) is 3.86. The van der Waals surface area contributed by atoms with E-state index in [2.05, 4.69) is 20.9 Å². The number of thiazole rings is 1. The van der Waals surface area contributed by atoms with E-state index in [-0.39, 0.29) is 5.56 Å². The fourth-order valence-electron chi connectivity index (χ4n) is 1.81. The summed E-state index contributed by atoms with van der Waals surface area (Å²) in [4.78, 5) is 4.54. The number of aliphatic hydroxyl groups is 1. The summed E-state index contributed by atoms with van der Waals surface area (Å²) in [5.41, 5.74) is 0.190. The number of methoxy groups -OCH3 is 1. The molecule has 0 spiro atoms. The third kappa shape index (κ3) is 2.15. The lowest BCUT2D eigenvalue weighted by Crippen LogP contribution is -2.24. The fourth-order valence-corrected chi connectivity index (χ4v) is 3.46. The monoisotopic (exact) mass is 331 g/mol. The van der Waals surface area contributed by atoms with Crippen molar-refractivity contribution < 1.29 is 14.2 Å². The minimum absolute atomic E-state index is 0.109. The molecule has 1 aromatic heterocycles. The Balaban J connectivity index is 2.64. The SMILES string of the molecule is COc1cccc(F)c1C(C)(O)c1scnc1Br. The molecular weight excluding hydrogens is 321 g/mol. The Morgan fingerprint density at radius 3 is 2.78 bits per heavy atom. The molecular formula is C12H11BrFNO2S. The van der Waals surface area contributed by atoms with E-state index in [1.54, 1.807) is 11.6 Å². The molecule has 2 rings (SSSR count). The molecule has 0 radical (unpaired) electrons. The van der Waals surface area contributed by atoms with Crippen LogP contribution in [0.4, 0.5) is 4.39 Å². The van der Waals surface area contributed by atoms with Crippen molar-refractivity contribution in [3.8, 4) is 5.75 Å². The van der Waals surface area contributed by atoms with Gasteiger partial charge in [-0.2, -0.15) is 0 Å². The third-order valence-electron chi connectivity index (χ3n) is 2.65. The zero-order chi connectivity index (χ0) is 13.3. The van der Waals surface area contributed by atoms with Gasteiger partial charge < -0.3 is 9.84 Å². The first-order chi connectivity index (χ1) is 8.48. The largest absolute Gasteiger partial charge is 0.496 e. The van der Waals surface area contributed by atoms with Crippen LogP contribution in [0.25, 0.3) is 0 Å². The second kappa shape index (κ2) is 4.95. The van der Waals surface area contributed by atoms with E-state index in [9.17, 15) is 9.50 Å². The molecule has 0 aliphatic carbocycles. The lowest BCUT2D eigenvalue weighted by atomic mass is 9.93. The Bertz CT molecular complexity index is 571. The molecule has 0 aliphatic rings. The first-order valence-electron chi connectivity index (χ1n) is 5.13. The van der Waals surface area contributed by atoms with Gasteiger partial charge in [0.2, 0.25) is 0 Å². The number of nitrogens with zero attached hydrogens (tertiary/aromatic N) is 1. The molecule has 1 heterocycles. The molecule has 3 nitrogen and oxygen atoms in total. The molecule has 1 aromatic carbocycles. The molecule has 6 heteroatoms. The number of aromatic nitrogens is 1. The Hall–Kier alpha value is -0.980. The average Bonchev–Trinajstić information content (AvgIpc) is 2.75. The third-order valence-corrected chi connectivity index (χ3v) is 4.55. The van der Waals surface area contributed by atoms with Crippen molar-refractivity contribution in [3.05, 3.63) is 44.6 Å². The number of halogens is 2. The van der Waals surface area contributed by atoms with Gasteiger partial charge in [0.15, 0.2) is 0 Å². The first kappa shape index (κ1) is 13.5. The molecule has 2 aromatic rings. The van der Waals surface area contributed by atoms with Gasteiger partial charge in [0.1, 0.15) is 21.8 Å². The lowest BCUT2D eigenvalue weighted by Gasteiger charge is -2.25. The molecule has 1 unspecified atom stereocenters. The minimum Gasteiger partial charge on any atom is -0.496 e. The highest BCUT2D eigenvalue weighted by Gasteiger charge is 2.35. The molecule has 96 valence electrons.